The standard InChI is InChI=1S/C10H9BrClNO5/c1-17-10(14)7(11)5-18-9-3-2-6(13(15)16)4-8(9)12/h2-4,7H,5H2,1H3. The van der Waals surface area contributed by atoms with Gasteiger partial charge in [0.2, 0.25) is 0 Å². The molecule has 1 rings (SSSR count). The number of non-ortho nitro benzene ring substituents is 1. The Hall–Kier alpha value is -1.34. The van der Waals surface area contributed by atoms with Gasteiger partial charge >= 0.3 is 5.97 Å². The number of ether oxygens (including phenoxy) is 2. The van der Waals surface area contributed by atoms with Gasteiger partial charge in [0.1, 0.15) is 17.2 Å². The molecule has 0 aliphatic heterocycles. The minimum Gasteiger partial charge on any atom is -0.490 e. The Kier molecular flexibility index (Phi) is 5.36. The van der Waals surface area contributed by atoms with Crippen LogP contribution in [0.4, 0.5) is 5.69 Å². The third-order valence-corrected chi connectivity index (χ3v) is 2.90. The van der Waals surface area contributed by atoms with Gasteiger partial charge in [0.05, 0.1) is 17.1 Å². The molecule has 0 amide bonds. The number of methoxy groups -OCH3 is 1. The second-order valence-electron chi connectivity index (χ2n) is 3.17. The third kappa shape index (κ3) is 3.85. The second-order valence-corrected chi connectivity index (χ2v) is 4.69. The minimum atomic E-state index is -0.631. The summed E-state index contributed by atoms with van der Waals surface area (Å²) >= 11 is 8.88. The lowest BCUT2D eigenvalue weighted by Gasteiger charge is -2.10. The van der Waals surface area contributed by atoms with Crippen LogP contribution in [-0.2, 0) is 9.53 Å². The number of esters is 1. The monoisotopic (exact) mass is 337 g/mol. The van der Waals surface area contributed by atoms with Crippen molar-refractivity contribution in [2.45, 2.75) is 4.83 Å². The fourth-order valence-corrected chi connectivity index (χ4v) is 1.63. The Morgan fingerprint density at radius 1 is 1.61 bits per heavy atom. The molecule has 0 saturated heterocycles. The van der Waals surface area contributed by atoms with Crippen molar-refractivity contribution in [1.29, 1.82) is 0 Å². The Morgan fingerprint density at radius 3 is 2.78 bits per heavy atom. The average molecular weight is 339 g/mol. The fraction of sp³-hybridized carbons (Fsp3) is 0.300. The summed E-state index contributed by atoms with van der Waals surface area (Å²) in [4.78, 5) is 20.4. The first-order valence-electron chi connectivity index (χ1n) is 4.74. The van der Waals surface area contributed by atoms with Crippen molar-refractivity contribution in [3.05, 3.63) is 33.3 Å². The molecule has 0 fully saturated rings. The molecule has 1 aromatic carbocycles. The second kappa shape index (κ2) is 6.55. The molecule has 0 spiro atoms. The van der Waals surface area contributed by atoms with Crippen LogP contribution in [-0.4, -0.2) is 29.4 Å². The Balaban J connectivity index is 2.69. The maximum atomic E-state index is 11.1. The number of benzene rings is 1. The molecule has 98 valence electrons. The number of nitro groups is 1. The number of carbonyl (C=O) groups excluding carboxylic acids is 1. The van der Waals surface area contributed by atoms with Gasteiger partial charge in [0.25, 0.3) is 5.69 Å². The summed E-state index contributed by atoms with van der Waals surface area (Å²) in [6.07, 6.45) is 0. The molecule has 0 N–H and O–H groups in total. The quantitative estimate of drug-likeness (QED) is 0.357. The molecule has 0 saturated carbocycles. The van der Waals surface area contributed by atoms with Gasteiger partial charge < -0.3 is 9.47 Å². The minimum absolute atomic E-state index is 0.00417. The van der Waals surface area contributed by atoms with Gasteiger partial charge in [-0.1, -0.05) is 27.5 Å². The highest BCUT2D eigenvalue weighted by Gasteiger charge is 2.17. The fourth-order valence-electron chi connectivity index (χ4n) is 1.08. The molecule has 1 unspecified atom stereocenters. The molecule has 18 heavy (non-hydrogen) atoms. The molecule has 8 heteroatoms. The lowest BCUT2D eigenvalue weighted by Crippen LogP contribution is -2.23. The number of carbonyl (C=O) groups is 1. The third-order valence-electron chi connectivity index (χ3n) is 1.97. The van der Waals surface area contributed by atoms with Gasteiger partial charge in [0, 0.05) is 12.1 Å². The molecule has 6 nitrogen and oxygen atoms in total. The zero-order valence-electron chi connectivity index (χ0n) is 9.26. The Labute approximate surface area is 116 Å². The van der Waals surface area contributed by atoms with E-state index in [0.717, 1.165) is 0 Å². The van der Waals surface area contributed by atoms with E-state index in [4.69, 9.17) is 16.3 Å². The molecule has 1 atom stereocenters. The van der Waals surface area contributed by atoms with Gasteiger partial charge in [-0.2, -0.15) is 0 Å². The van der Waals surface area contributed by atoms with Crippen LogP contribution in [0.5, 0.6) is 5.75 Å². The van der Waals surface area contributed by atoms with Crippen LogP contribution in [0, 0.1) is 10.1 Å². The number of nitrogens with zero attached hydrogens (tertiary/aromatic N) is 1. The van der Waals surface area contributed by atoms with Crippen molar-refractivity contribution < 1.29 is 19.2 Å². The first kappa shape index (κ1) is 14.7. The van der Waals surface area contributed by atoms with E-state index in [1.165, 1.54) is 25.3 Å². The van der Waals surface area contributed by atoms with E-state index < -0.39 is 15.7 Å². The molecule has 0 aliphatic carbocycles. The SMILES string of the molecule is COC(=O)C(Br)COc1ccc([N+](=O)[O-])cc1Cl. The first-order valence-corrected chi connectivity index (χ1v) is 6.03. The molecule has 0 heterocycles. The van der Waals surface area contributed by atoms with E-state index in [0.29, 0.717) is 0 Å². The highest BCUT2D eigenvalue weighted by molar-refractivity contribution is 9.10. The lowest BCUT2D eigenvalue weighted by atomic mass is 10.3. The van der Waals surface area contributed by atoms with Crippen LogP contribution in [0.15, 0.2) is 18.2 Å². The van der Waals surface area contributed by atoms with Crippen molar-refractivity contribution >= 4 is 39.2 Å². The first-order chi connectivity index (χ1) is 8.45. The maximum absolute atomic E-state index is 11.1. The van der Waals surface area contributed by atoms with Crippen LogP contribution in [0.1, 0.15) is 0 Å². The molecule has 1 aromatic rings. The van der Waals surface area contributed by atoms with Crippen molar-refractivity contribution in [3.63, 3.8) is 0 Å². The lowest BCUT2D eigenvalue weighted by molar-refractivity contribution is -0.384. The van der Waals surface area contributed by atoms with Gasteiger partial charge in [-0.05, 0) is 6.07 Å². The van der Waals surface area contributed by atoms with E-state index in [1.54, 1.807) is 0 Å². The van der Waals surface area contributed by atoms with Crippen molar-refractivity contribution in [2.75, 3.05) is 13.7 Å². The largest absolute Gasteiger partial charge is 0.490 e. The Bertz CT molecular complexity index is 468. The van der Waals surface area contributed by atoms with E-state index in [-0.39, 0.29) is 23.1 Å². The highest BCUT2D eigenvalue weighted by atomic mass is 79.9. The molecule has 0 aliphatic rings. The van der Waals surface area contributed by atoms with Crippen molar-refractivity contribution in [2.24, 2.45) is 0 Å². The van der Waals surface area contributed by atoms with E-state index >= 15 is 0 Å². The van der Waals surface area contributed by atoms with E-state index in [9.17, 15) is 14.9 Å². The van der Waals surface area contributed by atoms with Crippen LogP contribution in [0.2, 0.25) is 5.02 Å². The Morgan fingerprint density at radius 2 is 2.28 bits per heavy atom. The van der Waals surface area contributed by atoms with Crippen LogP contribution >= 0.6 is 27.5 Å². The summed E-state index contributed by atoms with van der Waals surface area (Å²) in [5.74, 6) is -0.219. The summed E-state index contributed by atoms with van der Waals surface area (Å²) < 4.78 is 9.75. The maximum Gasteiger partial charge on any atom is 0.322 e. The average Bonchev–Trinajstić information content (AvgIpc) is 2.35. The number of hydrogen-bond acceptors (Lipinski definition) is 5. The molecule has 0 radical (unpaired) electrons. The zero-order valence-corrected chi connectivity index (χ0v) is 11.6. The van der Waals surface area contributed by atoms with Crippen molar-refractivity contribution in [3.8, 4) is 5.75 Å². The predicted molar refractivity (Wildman–Crippen MR) is 68.3 cm³/mol. The number of hydrogen-bond donors (Lipinski definition) is 0. The van der Waals surface area contributed by atoms with Gasteiger partial charge in [-0.15, -0.1) is 0 Å². The summed E-state index contributed by atoms with van der Waals surface area (Å²) in [7, 11) is 1.26. The highest BCUT2D eigenvalue weighted by Crippen LogP contribution is 2.28. The van der Waals surface area contributed by atoms with Gasteiger partial charge in [-0.25, -0.2) is 0 Å². The van der Waals surface area contributed by atoms with Gasteiger partial charge in [0.15, 0.2) is 0 Å². The van der Waals surface area contributed by atoms with Crippen LogP contribution < -0.4 is 4.74 Å². The summed E-state index contributed by atoms with van der Waals surface area (Å²) in [5, 5.41) is 10.6. The van der Waals surface area contributed by atoms with E-state index in [2.05, 4.69) is 20.7 Å². The molecule has 0 aromatic heterocycles. The number of nitro benzene ring substituents is 1. The molecular formula is C10H9BrClNO5. The normalized spacial score (nSPS) is 11.7. The van der Waals surface area contributed by atoms with Gasteiger partial charge in [-0.3, -0.25) is 14.9 Å². The summed E-state index contributed by atoms with van der Waals surface area (Å²) in [6.45, 7) is 0.00417. The summed E-state index contributed by atoms with van der Waals surface area (Å²) in [5.41, 5.74) is -0.129. The molecular weight excluding hydrogens is 329 g/mol. The zero-order chi connectivity index (χ0) is 13.7. The predicted octanol–water partition coefficient (Wildman–Crippen LogP) is 2.56. The number of alkyl halides is 1. The number of rotatable bonds is 5. The topological polar surface area (TPSA) is 78.7 Å². The van der Waals surface area contributed by atoms with Crippen LogP contribution in [0.25, 0.3) is 0 Å². The van der Waals surface area contributed by atoms with E-state index in [1.807, 2.05) is 0 Å². The smallest absolute Gasteiger partial charge is 0.322 e. The summed E-state index contributed by atoms with van der Waals surface area (Å²) in [6, 6.07) is 3.82. The molecule has 0 bridgehead atoms. The van der Waals surface area contributed by atoms with Crippen molar-refractivity contribution in [1.82, 2.24) is 0 Å². The number of halogens is 2. The van der Waals surface area contributed by atoms with Crippen LogP contribution in [0.3, 0.4) is 0 Å².